The third-order valence-electron chi connectivity index (χ3n) is 5.06. The van der Waals surface area contributed by atoms with Gasteiger partial charge in [-0.05, 0) is 36.3 Å². The van der Waals surface area contributed by atoms with Crippen LogP contribution in [0.15, 0.2) is 36.9 Å². The minimum absolute atomic E-state index is 0.112. The number of hydrogen-bond acceptors (Lipinski definition) is 4. The van der Waals surface area contributed by atoms with Crippen LogP contribution in [0.3, 0.4) is 0 Å². The van der Waals surface area contributed by atoms with E-state index in [0.717, 1.165) is 44.5 Å². The minimum atomic E-state index is -0.429. The van der Waals surface area contributed by atoms with E-state index < -0.39 is 6.10 Å². The zero-order valence-corrected chi connectivity index (χ0v) is 13.7. The molecule has 6 heteroatoms. The van der Waals surface area contributed by atoms with Crippen LogP contribution >= 0.6 is 0 Å². The fraction of sp³-hybridized carbons (Fsp3) is 0.500. The number of nitrogens with zero attached hydrogens (tertiary/aromatic N) is 4. The molecular weight excluding hydrogens is 304 g/mol. The molecule has 2 aliphatic rings. The summed E-state index contributed by atoms with van der Waals surface area (Å²) in [6, 6.07) is 8.14. The van der Waals surface area contributed by atoms with E-state index in [1.54, 1.807) is 12.7 Å². The van der Waals surface area contributed by atoms with Gasteiger partial charge in [-0.2, -0.15) is 5.10 Å². The number of fused-ring (bicyclic) bond motifs is 1. The molecule has 1 unspecified atom stereocenters. The summed E-state index contributed by atoms with van der Waals surface area (Å²) in [5.41, 5.74) is 2.28. The van der Waals surface area contributed by atoms with Gasteiger partial charge in [0.15, 0.2) is 6.10 Å². The molecule has 0 bridgehead atoms. The number of benzene rings is 1. The predicted octanol–water partition coefficient (Wildman–Crippen LogP) is 1.83. The maximum atomic E-state index is 12.9. The van der Waals surface area contributed by atoms with E-state index in [9.17, 15) is 4.79 Å². The van der Waals surface area contributed by atoms with E-state index in [4.69, 9.17) is 4.74 Å². The number of ether oxygens (including phenoxy) is 1. The summed E-state index contributed by atoms with van der Waals surface area (Å²) in [5.74, 6) is 0.664. The van der Waals surface area contributed by atoms with Crippen LogP contribution in [0.5, 0.6) is 0 Å². The normalized spacial score (nSPS) is 21.5. The molecule has 0 N–H and O–H groups in total. The lowest BCUT2D eigenvalue weighted by atomic mass is 9.94. The van der Waals surface area contributed by atoms with Gasteiger partial charge in [-0.25, -0.2) is 4.98 Å². The summed E-state index contributed by atoms with van der Waals surface area (Å²) < 4.78 is 7.70. The average molecular weight is 326 g/mol. The van der Waals surface area contributed by atoms with Crippen LogP contribution in [0.25, 0.3) is 0 Å². The molecule has 0 saturated carbocycles. The Morgan fingerprint density at radius 2 is 2.08 bits per heavy atom. The summed E-state index contributed by atoms with van der Waals surface area (Å²) in [6.07, 6.45) is 5.78. The smallest absolute Gasteiger partial charge is 0.256 e. The van der Waals surface area contributed by atoms with Gasteiger partial charge in [-0.15, -0.1) is 0 Å². The zero-order valence-electron chi connectivity index (χ0n) is 13.7. The molecule has 6 nitrogen and oxygen atoms in total. The number of amides is 1. The first kappa shape index (κ1) is 15.3. The Morgan fingerprint density at radius 3 is 2.88 bits per heavy atom. The number of carbonyl (C=O) groups excluding carboxylic acids is 1. The molecule has 1 amide bonds. The van der Waals surface area contributed by atoms with E-state index >= 15 is 0 Å². The van der Waals surface area contributed by atoms with E-state index in [0.29, 0.717) is 12.5 Å². The Kier molecular flexibility index (Phi) is 4.30. The van der Waals surface area contributed by atoms with Gasteiger partial charge in [0.1, 0.15) is 12.7 Å². The van der Waals surface area contributed by atoms with Crippen LogP contribution in [0, 0.1) is 5.92 Å². The lowest BCUT2D eigenvalue weighted by Gasteiger charge is -2.35. The lowest BCUT2D eigenvalue weighted by molar-refractivity contribution is -0.146. The third-order valence-corrected chi connectivity index (χ3v) is 5.06. The fourth-order valence-electron chi connectivity index (χ4n) is 3.69. The Hall–Kier alpha value is -2.21. The van der Waals surface area contributed by atoms with Gasteiger partial charge in [-0.3, -0.25) is 9.48 Å². The Bertz CT molecular complexity index is 693. The number of aromatic nitrogens is 3. The highest BCUT2D eigenvalue weighted by atomic mass is 16.5. The van der Waals surface area contributed by atoms with Gasteiger partial charge < -0.3 is 9.64 Å². The van der Waals surface area contributed by atoms with Crippen molar-refractivity contribution in [2.45, 2.75) is 31.9 Å². The number of piperidine rings is 1. The summed E-state index contributed by atoms with van der Waals surface area (Å²) in [4.78, 5) is 18.9. The topological polar surface area (TPSA) is 60.2 Å². The highest BCUT2D eigenvalue weighted by Gasteiger charge is 2.32. The fourth-order valence-corrected chi connectivity index (χ4v) is 3.69. The SMILES string of the molecule is O=C(C1OCCc2ccccc21)N1CCC(Cn2cncn2)CC1. The van der Waals surface area contributed by atoms with E-state index in [1.807, 2.05) is 27.8 Å². The highest BCUT2D eigenvalue weighted by molar-refractivity contribution is 5.83. The van der Waals surface area contributed by atoms with Crippen molar-refractivity contribution in [3.8, 4) is 0 Å². The quantitative estimate of drug-likeness (QED) is 0.863. The standard InChI is InChI=1S/C18H22N4O2/c23-18(17-16-4-2-1-3-15(16)7-10-24-17)21-8-5-14(6-9-21)11-22-13-19-12-20-22/h1-4,12-14,17H,5-11H2. The van der Waals surface area contributed by atoms with Gasteiger partial charge in [0.25, 0.3) is 5.91 Å². The van der Waals surface area contributed by atoms with Crippen molar-refractivity contribution < 1.29 is 9.53 Å². The number of hydrogen-bond donors (Lipinski definition) is 0. The maximum Gasteiger partial charge on any atom is 0.256 e. The molecule has 1 aromatic heterocycles. The van der Waals surface area contributed by atoms with Crippen molar-refractivity contribution in [3.05, 3.63) is 48.0 Å². The molecule has 1 atom stereocenters. The average Bonchev–Trinajstić information content (AvgIpc) is 3.14. The number of likely N-dealkylation sites (tertiary alicyclic amines) is 1. The van der Waals surface area contributed by atoms with Crippen molar-refractivity contribution in [2.24, 2.45) is 5.92 Å². The van der Waals surface area contributed by atoms with E-state index in [2.05, 4.69) is 16.1 Å². The molecule has 1 fully saturated rings. The van der Waals surface area contributed by atoms with Gasteiger partial charge in [0.2, 0.25) is 0 Å². The summed E-state index contributed by atoms with van der Waals surface area (Å²) in [6.45, 7) is 3.08. The molecule has 24 heavy (non-hydrogen) atoms. The van der Waals surface area contributed by atoms with Gasteiger partial charge in [0, 0.05) is 19.6 Å². The summed E-state index contributed by atoms with van der Waals surface area (Å²) >= 11 is 0. The number of rotatable bonds is 3. The van der Waals surface area contributed by atoms with Crippen LogP contribution in [-0.4, -0.2) is 45.3 Å². The van der Waals surface area contributed by atoms with Crippen molar-refractivity contribution in [2.75, 3.05) is 19.7 Å². The first-order valence-electron chi connectivity index (χ1n) is 8.62. The Morgan fingerprint density at radius 1 is 1.25 bits per heavy atom. The first-order valence-corrected chi connectivity index (χ1v) is 8.62. The Labute approximate surface area is 141 Å². The molecule has 126 valence electrons. The van der Waals surface area contributed by atoms with Crippen LogP contribution in [0.1, 0.15) is 30.1 Å². The van der Waals surface area contributed by atoms with E-state index in [1.165, 1.54) is 5.56 Å². The molecule has 2 aliphatic heterocycles. The molecule has 0 radical (unpaired) electrons. The molecule has 1 saturated heterocycles. The van der Waals surface area contributed by atoms with Crippen LogP contribution in [-0.2, 0) is 22.5 Å². The van der Waals surface area contributed by atoms with Gasteiger partial charge in [-0.1, -0.05) is 24.3 Å². The minimum Gasteiger partial charge on any atom is -0.363 e. The molecular formula is C18H22N4O2. The molecule has 0 spiro atoms. The second-order valence-electron chi connectivity index (χ2n) is 6.59. The predicted molar refractivity (Wildman–Crippen MR) is 88.2 cm³/mol. The van der Waals surface area contributed by atoms with Crippen LogP contribution < -0.4 is 0 Å². The van der Waals surface area contributed by atoms with Crippen molar-refractivity contribution in [3.63, 3.8) is 0 Å². The second-order valence-corrected chi connectivity index (χ2v) is 6.59. The summed E-state index contributed by atoms with van der Waals surface area (Å²) in [5, 5.41) is 4.17. The number of carbonyl (C=O) groups is 1. The third kappa shape index (κ3) is 3.06. The lowest BCUT2D eigenvalue weighted by Crippen LogP contribution is -2.43. The molecule has 1 aromatic carbocycles. The molecule has 4 rings (SSSR count). The molecule has 3 heterocycles. The van der Waals surface area contributed by atoms with Crippen molar-refractivity contribution in [1.82, 2.24) is 19.7 Å². The van der Waals surface area contributed by atoms with Crippen molar-refractivity contribution >= 4 is 5.91 Å². The maximum absolute atomic E-state index is 12.9. The van der Waals surface area contributed by atoms with Crippen molar-refractivity contribution in [1.29, 1.82) is 0 Å². The first-order chi connectivity index (χ1) is 11.8. The summed E-state index contributed by atoms with van der Waals surface area (Å²) in [7, 11) is 0. The van der Waals surface area contributed by atoms with Crippen LogP contribution in [0.2, 0.25) is 0 Å². The van der Waals surface area contributed by atoms with Gasteiger partial charge >= 0.3 is 0 Å². The zero-order chi connectivity index (χ0) is 16.4. The second kappa shape index (κ2) is 6.73. The monoisotopic (exact) mass is 326 g/mol. The van der Waals surface area contributed by atoms with Gasteiger partial charge in [0.05, 0.1) is 6.61 Å². The van der Waals surface area contributed by atoms with E-state index in [-0.39, 0.29) is 5.91 Å². The largest absolute Gasteiger partial charge is 0.363 e. The molecule has 0 aliphatic carbocycles. The Balaban J connectivity index is 1.38. The van der Waals surface area contributed by atoms with Crippen LogP contribution in [0.4, 0.5) is 0 Å². The molecule has 2 aromatic rings. The highest BCUT2D eigenvalue weighted by Crippen LogP contribution is 2.30.